The second-order valence-electron chi connectivity index (χ2n) is 6.27. The number of piperidine rings is 2. The first-order chi connectivity index (χ1) is 9.38. The van der Waals surface area contributed by atoms with Crippen molar-refractivity contribution in [3.05, 3.63) is 0 Å². The molecular weight excluding hydrogens is 236 g/mol. The van der Waals surface area contributed by atoms with E-state index in [0.717, 1.165) is 18.9 Å². The molecule has 0 aromatic carbocycles. The van der Waals surface area contributed by atoms with Gasteiger partial charge in [0, 0.05) is 13.2 Å². The maximum absolute atomic E-state index is 5.91. The van der Waals surface area contributed by atoms with E-state index in [2.05, 4.69) is 17.1 Å². The van der Waals surface area contributed by atoms with Crippen LogP contribution in [0.3, 0.4) is 0 Å². The smallest absolute Gasteiger partial charge is 0.0702 e. The van der Waals surface area contributed by atoms with Crippen molar-refractivity contribution >= 4 is 0 Å². The summed E-state index contributed by atoms with van der Waals surface area (Å²) < 4.78 is 5.91. The van der Waals surface area contributed by atoms with Gasteiger partial charge in [0.25, 0.3) is 0 Å². The van der Waals surface area contributed by atoms with Crippen LogP contribution in [0.2, 0.25) is 0 Å². The monoisotopic (exact) mass is 268 g/mol. The largest absolute Gasteiger partial charge is 0.377 e. The highest BCUT2D eigenvalue weighted by molar-refractivity contribution is 4.74. The molecule has 19 heavy (non-hydrogen) atoms. The number of likely N-dealkylation sites (tertiary alicyclic amines) is 1. The molecule has 2 rings (SSSR count). The van der Waals surface area contributed by atoms with Gasteiger partial charge in [-0.15, -0.1) is 0 Å². The van der Waals surface area contributed by atoms with Crippen molar-refractivity contribution in [3.63, 3.8) is 0 Å². The summed E-state index contributed by atoms with van der Waals surface area (Å²) in [7, 11) is 0. The van der Waals surface area contributed by atoms with E-state index >= 15 is 0 Å². The van der Waals surface area contributed by atoms with Gasteiger partial charge in [-0.25, -0.2) is 0 Å². The number of nitrogens with one attached hydrogen (secondary N) is 1. The molecule has 2 aliphatic rings. The molecule has 0 saturated carbocycles. The van der Waals surface area contributed by atoms with Crippen molar-refractivity contribution < 1.29 is 4.74 Å². The summed E-state index contributed by atoms with van der Waals surface area (Å²) in [5.74, 6) is 0.984. The van der Waals surface area contributed by atoms with Gasteiger partial charge in [-0.1, -0.05) is 6.92 Å². The van der Waals surface area contributed by atoms with Gasteiger partial charge in [0.15, 0.2) is 0 Å². The Kier molecular flexibility index (Phi) is 7.18. The Balaban J connectivity index is 1.56. The molecular formula is C16H32N2O. The van der Waals surface area contributed by atoms with Crippen LogP contribution < -0.4 is 5.32 Å². The third-order valence-electron chi connectivity index (χ3n) is 4.57. The maximum Gasteiger partial charge on any atom is 0.0702 e. The molecule has 0 aliphatic carbocycles. The first kappa shape index (κ1) is 15.3. The van der Waals surface area contributed by atoms with Crippen LogP contribution >= 0.6 is 0 Å². The molecule has 0 radical (unpaired) electrons. The Morgan fingerprint density at radius 2 is 2.05 bits per heavy atom. The molecule has 1 unspecified atom stereocenters. The second kappa shape index (κ2) is 8.93. The van der Waals surface area contributed by atoms with E-state index in [9.17, 15) is 0 Å². The average molecular weight is 268 g/mol. The lowest BCUT2D eigenvalue weighted by Crippen LogP contribution is -2.40. The fourth-order valence-electron chi connectivity index (χ4n) is 3.41. The fraction of sp³-hybridized carbons (Fsp3) is 1.00. The van der Waals surface area contributed by atoms with Gasteiger partial charge in [0.1, 0.15) is 0 Å². The summed E-state index contributed by atoms with van der Waals surface area (Å²) in [5, 5.41) is 3.45. The Hall–Kier alpha value is -0.120. The Morgan fingerprint density at radius 1 is 1.21 bits per heavy atom. The van der Waals surface area contributed by atoms with Crippen LogP contribution in [-0.2, 0) is 4.74 Å². The van der Waals surface area contributed by atoms with Gasteiger partial charge in [0.05, 0.1) is 6.10 Å². The molecule has 1 N–H and O–H groups in total. The van der Waals surface area contributed by atoms with Gasteiger partial charge in [-0.2, -0.15) is 0 Å². The van der Waals surface area contributed by atoms with E-state index in [1.807, 2.05) is 0 Å². The van der Waals surface area contributed by atoms with Crippen LogP contribution in [-0.4, -0.2) is 50.3 Å². The normalized spacial score (nSPS) is 26.7. The molecule has 0 spiro atoms. The molecule has 0 aromatic heterocycles. The van der Waals surface area contributed by atoms with Crippen molar-refractivity contribution in [2.45, 2.75) is 58.0 Å². The molecule has 2 saturated heterocycles. The lowest BCUT2D eigenvalue weighted by atomic mass is 9.93. The summed E-state index contributed by atoms with van der Waals surface area (Å²) in [6.45, 7) is 9.36. The summed E-state index contributed by atoms with van der Waals surface area (Å²) in [6, 6.07) is 0. The Bertz CT molecular complexity index is 229. The molecule has 2 fully saturated rings. The van der Waals surface area contributed by atoms with Crippen molar-refractivity contribution in [2.24, 2.45) is 5.92 Å². The number of hydrogen-bond donors (Lipinski definition) is 1. The SMILES string of the molecule is CCCOC1CCCN(CCCC2CCNCC2)C1. The van der Waals surface area contributed by atoms with Crippen LogP contribution in [0.4, 0.5) is 0 Å². The first-order valence-corrected chi connectivity index (χ1v) is 8.43. The maximum atomic E-state index is 5.91. The highest BCUT2D eigenvalue weighted by atomic mass is 16.5. The number of nitrogens with zero attached hydrogens (tertiary/aromatic N) is 1. The van der Waals surface area contributed by atoms with E-state index in [0.29, 0.717) is 6.10 Å². The predicted molar refractivity (Wildman–Crippen MR) is 80.5 cm³/mol. The first-order valence-electron chi connectivity index (χ1n) is 8.43. The zero-order valence-corrected chi connectivity index (χ0v) is 12.7. The van der Waals surface area contributed by atoms with E-state index in [1.165, 1.54) is 71.2 Å². The quantitative estimate of drug-likeness (QED) is 0.768. The minimum absolute atomic E-state index is 0.507. The van der Waals surface area contributed by atoms with Crippen molar-refractivity contribution in [1.82, 2.24) is 10.2 Å². The third-order valence-corrected chi connectivity index (χ3v) is 4.57. The standard InChI is InChI=1S/C16H32N2O/c1-2-13-19-16-6-4-12-18(14-16)11-3-5-15-7-9-17-10-8-15/h15-17H,2-14H2,1H3. The van der Waals surface area contributed by atoms with Gasteiger partial charge >= 0.3 is 0 Å². The number of ether oxygens (including phenoxy) is 1. The van der Waals surface area contributed by atoms with Crippen LogP contribution in [0.15, 0.2) is 0 Å². The van der Waals surface area contributed by atoms with Gasteiger partial charge in [-0.05, 0) is 77.0 Å². The predicted octanol–water partition coefficient (Wildman–Crippen LogP) is 2.66. The molecule has 0 amide bonds. The van der Waals surface area contributed by atoms with Crippen LogP contribution in [0.1, 0.15) is 51.9 Å². The molecule has 1 atom stereocenters. The second-order valence-corrected chi connectivity index (χ2v) is 6.27. The van der Waals surface area contributed by atoms with Gasteiger partial charge in [0.2, 0.25) is 0 Å². The average Bonchev–Trinajstić information content (AvgIpc) is 2.47. The molecule has 0 aromatic rings. The molecule has 2 aliphatic heterocycles. The minimum Gasteiger partial charge on any atom is -0.377 e. The van der Waals surface area contributed by atoms with Crippen molar-refractivity contribution in [2.75, 3.05) is 39.3 Å². The minimum atomic E-state index is 0.507. The van der Waals surface area contributed by atoms with Crippen LogP contribution in [0.25, 0.3) is 0 Å². The van der Waals surface area contributed by atoms with Crippen molar-refractivity contribution in [3.8, 4) is 0 Å². The Labute approximate surface area is 119 Å². The topological polar surface area (TPSA) is 24.5 Å². The van der Waals surface area contributed by atoms with E-state index < -0.39 is 0 Å². The molecule has 112 valence electrons. The molecule has 3 heteroatoms. The van der Waals surface area contributed by atoms with Crippen molar-refractivity contribution in [1.29, 1.82) is 0 Å². The van der Waals surface area contributed by atoms with Gasteiger partial charge in [-0.3, -0.25) is 0 Å². The highest BCUT2D eigenvalue weighted by Crippen LogP contribution is 2.19. The summed E-state index contributed by atoms with van der Waals surface area (Å²) in [6.07, 6.45) is 9.83. The lowest BCUT2D eigenvalue weighted by Gasteiger charge is -2.33. The summed E-state index contributed by atoms with van der Waals surface area (Å²) in [4.78, 5) is 2.63. The fourth-order valence-corrected chi connectivity index (χ4v) is 3.41. The Morgan fingerprint density at radius 3 is 2.84 bits per heavy atom. The highest BCUT2D eigenvalue weighted by Gasteiger charge is 2.20. The van der Waals surface area contributed by atoms with E-state index in [1.54, 1.807) is 0 Å². The number of rotatable bonds is 7. The molecule has 3 nitrogen and oxygen atoms in total. The zero-order chi connectivity index (χ0) is 13.3. The van der Waals surface area contributed by atoms with Crippen LogP contribution in [0, 0.1) is 5.92 Å². The van der Waals surface area contributed by atoms with Crippen LogP contribution in [0.5, 0.6) is 0 Å². The van der Waals surface area contributed by atoms with E-state index in [-0.39, 0.29) is 0 Å². The van der Waals surface area contributed by atoms with E-state index in [4.69, 9.17) is 4.74 Å². The molecule has 2 heterocycles. The molecule has 0 bridgehead atoms. The lowest BCUT2D eigenvalue weighted by molar-refractivity contribution is -0.000646. The third kappa shape index (κ3) is 5.80. The summed E-state index contributed by atoms with van der Waals surface area (Å²) >= 11 is 0. The van der Waals surface area contributed by atoms with Gasteiger partial charge < -0.3 is 15.0 Å². The summed E-state index contributed by atoms with van der Waals surface area (Å²) in [5.41, 5.74) is 0. The number of hydrogen-bond acceptors (Lipinski definition) is 3. The zero-order valence-electron chi connectivity index (χ0n) is 12.7.